The summed E-state index contributed by atoms with van der Waals surface area (Å²) >= 11 is 1.58. The molecule has 7 nitrogen and oxygen atoms in total. The van der Waals surface area contributed by atoms with Gasteiger partial charge in [-0.05, 0) is 56.5 Å². The second-order valence-corrected chi connectivity index (χ2v) is 10.7. The summed E-state index contributed by atoms with van der Waals surface area (Å²) in [6, 6.07) is 5.50. The predicted molar refractivity (Wildman–Crippen MR) is 124 cm³/mol. The third-order valence-corrected chi connectivity index (χ3v) is 8.44. The summed E-state index contributed by atoms with van der Waals surface area (Å²) in [6.07, 6.45) is 5.08. The van der Waals surface area contributed by atoms with E-state index >= 15 is 0 Å². The fourth-order valence-electron chi connectivity index (χ4n) is 5.86. The number of benzene rings is 1. The number of nitrogens with zero attached hydrogens (tertiary/aromatic N) is 4. The summed E-state index contributed by atoms with van der Waals surface area (Å²) in [4.78, 5) is 4.84. The number of piperidine rings is 1. The Morgan fingerprint density at radius 2 is 1.94 bits per heavy atom. The molecule has 0 amide bonds. The number of halogens is 1. The lowest BCUT2D eigenvalue weighted by atomic mass is 9.86. The van der Waals surface area contributed by atoms with Crippen LogP contribution in [0.15, 0.2) is 23.7 Å². The van der Waals surface area contributed by atoms with Crippen molar-refractivity contribution in [1.82, 2.24) is 15.1 Å². The summed E-state index contributed by atoms with van der Waals surface area (Å²) in [7, 11) is 0. The highest BCUT2D eigenvalue weighted by Crippen LogP contribution is 2.42. The third kappa shape index (κ3) is 4.48. The summed E-state index contributed by atoms with van der Waals surface area (Å²) in [5.74, 6) is 1.01. The van der Waals surface area contributed by atoms with Crippen LogP contribution in [0.2, 0.25) is 0 Å². The van der Waals surface area contributed by atoms with Crippen molar-refractivity contribution in [3.05, 3.63) is 35.1 Å². The van der Waals surface area contributed by atoms with Crippen LogP contribution in [0, 0.1) is 5.82 Å². The first-order chi connectivity index (χ1) is 16.2. The van der Waals surface area contributed by atoms with Crippen LogP contribution in [0.1, 0.15) is 43.6 Å². The maximum atomic E-state index is 14.2. The van der Waals surface area contributed by atoms with Crippen LogP contribution in [0.5, 0.6) is 5.75 Å². The molecule has 1 spiro atoms. The molecule has 4 aliphatic heterocycles. The van der Waals surface area contributed by atoms with Gasteiger partial charge in [0.1, 0.15) is 28.8 Å². The molecule has 2 aromatic rings. The lowest BCUT2D eigenvalue weighted by molar-refractivity contribution is -0.0195. The number of rotatable bonds is 5. The molecule has 9 heteroatoms. The van der Waals surface area contributed by atoms with E-state index in [0.717, 1.165) is 94.5 Å². The van der Waals surface area contributed by atoms with Gasteiger partial charge in [0.2, 0.25) is 5.13 Å². The molecule has 0 unspecified atom stereocenters. The largest absolute Gasteiger partial charge is 0.490 e. The van der Waals surface area contributed by atoms with Crippen molar-refractivity contribution in [2.45, 2.75) is 55.8 Å². The van der Waals surface area contributed by atoms with Gasteiger partial charge in [0.15, 0.2) is 0 Å². The molecular formula is C24H31FN4O3S. The maximum absolute atomic E-state index is 14.2. The van der Waals surface area contributed by atoms with E-state index in [1.54, 1.807) is 22.9 Å². The zero-order valence-electron chi connectivity index (χ0n) is 18.8. The molecular weight excluding hydrogens is 443 g/mol. The van der Waals surface area contributed by atoms with Gasteiger partial charge in [0.05, 0.1) is 32.9 Å². The Hall–Kier alpha value is -1.81. The molecule has 0 aliphatic carbocycles. The highest BCUT2D eigenvalue weighted by molar-refractivity contribution is 7.13. The van der Waals surface area contributed by atoms with Gasteiger partial charge in [-0.3, -0.25) is 4.90 Å². The molecule has 33 heavy (non-hydrogen) atoms. The van der Waals surface area contributed by atoms with Gasteiger partial charge in [-0.15, -0.1) is 10.2 Å². The summed E-state index contributed by atoms with van der Waals surface area (Å²) < 4.78 is 32.2. The minimum Gasteiger partial charge on any atom is -0.490 e. The van der Waals surface area contributed by atoms with Crippen molar-refractivity contribution in [2.24, 2.45) is 0 Å². The molecule has 5 heterocycles. The lowest BCUT2D eigenvalue weighted by Gasteiger charge is -2.47. The second-order valence-electron chi connectivity index (χ2n) is 9.85. The number of ether oxygens (including phenoxy) is 3. The van der Waals surface area contributed by atoms with Crippen molar-refractivity contribution in [1.29, 1.82) is 0 Å². The number of hydrogen-bond donors (Lipinski definition) is 0. The predicted octanol–water partition coefficient (Wildman–Crippen LogP) is 3.46. The Labute approximate surface area is 197 Å². The average molecular weight is 475 g/mol. The zero-order chi connectivity index (χ0) is 22.3. The van der Waals surface area contributed by atoms with Crippen molar-refractivity contribution in [3.8, 4) is 5.75 Å². The lowest BCUT2D eigenvalue weighted by Crippen LogP contribution is -2.62. The Kier molecular flexibility index (Phi) is 5.98. The molecule has 1 aromatic carbocycles. The van der Waals surface area contributed by atoms with Gasteiger partial charge in [-0.25, -0.2) is 4.39 Å². The molecule has 0 saturated carbocycles. The molecule has 0 N–H and O–H groups in total. The first-order valence-corrected chi connectivity index (χ1v) is 13.0. The average Bonchev–Trinajstić information content (AvgIpc) is 3.51. The fourth-order valence-corrected chi connectivity index (χ4v) is 6.42. The van der Waals surface area contributed by atoms with E-state index in [1.165, 1.54) is 6.07 Å². The van der Waals surface area contributed by atoms with Crippen molar-refractivity contribution in [2.75, 3.05) is 50.9 Å². The van der Waals surface area contributed by atoms with Crippen LogP contribution in [0.25, 0.3) is 0 Å². The van der Waals surface area contributed by atoms with E-state index in [-0.39, 0.29) is 17.5 Å². The topological polar surface area (TPSA) is 60.0 Å². The third-order valence-electron chi connectivity index (χ3n) is 7.69. The molecule has 1 aromatic heterocycles. The fraction of sp³-hybridized carbons (Fsp3) is 0.667. The zero-order valence-corrected chi connectivity index (χ0v) is 19.6. The maximum Gasteiger partial charge on any atom is 0.208 e. The van der Waals surface area contributed by atoms with Crippen LogP contribution in [-0.4, -0.2) is 78.8 Å². The summed E-state index contributed by atoms with van der Waals surface area (Å²) in [5.41, 5.74) is 2.79. The molecule has 4 fully saturated rings. The van der Waals surface area contributed by atoms with E-state index in [4.69, 9.17) is 14.2 Å². The van der Waals surface area contributed by atoms with Crippen molar-refractivity contribution < 1.29 is 18.6 Å². The SMILES string of the molecule is Fc1ccc(OC2CCOCC2)c(C2CCN([C@@H]3COC4(C3)CN(c3nncs3)C4)CC2)c1. The Morgan fingerprint density at radius 3 is 2.70 bits per heavy atom. The van der Waals surface area contributed by atoms with Crippen LogP contribution in [0.4, 0.5) is 9.52 Å². The summed E-state index contributed by atoms with van der Waals surface area (Å²) in [6.45, 7) is 6.12. The minimum atomic E-state index is -0.178. The first kappa shape index (κ1) is 21.7. The monoisotopic (exact) mass is 474 g/mol. The molecule has 4 aliphatic rings. The van der Waals surface area contributed by atoms with E-state index in [1.807, 2.05) is 6.07 Å². The number of aromatic nitrogens is 2. The molecule has 0 radical (unpaired) electrons. The van der Waals surface area contributed by atoms with Gasteiger partial charge < -0.3 is 19.1 Å². The van der Waals surface area contributed by atoms with E-state index in [9.17, 15) is 4.39 Å². The van der Waals surface area contributed by atoms with Crippen LogP contribution >= 0.6 is 11.3 Å². The van der Waals surface area contributed by atoms with Crippen LogP contribution in [-0.2, 0) is 9.47 Å². The standard InChI is InChI=1S/C24H31FN4O3S/c25-18-1-2-22(32-20-5-9-30-10-6-20)21(11-18)17-3-7-28(8-4-17)19-12-24(31-13-19)14-29(15-24)23-27-26-16-33-23/h1-2,11,16-17,19-20H,3-10,12-15H2/t19-/m0/s1. The number of likely N-dealkylation sites (tertiary alicyclic amines) is 1. The quantitative estimate of drug-likeness (QED) is 0.658. The number of anilines is 1. The second kappa shape index (κ2) is 9.09. The van der Waals surface area contributed by atoms with Gasteiger partial charge >= 0.3 is 0 Å². The van der Waals surface area contributed by atoms with Crippen molar-refractivity contribution in [3.63, 3.8) is 0 Å². The summed E-state index contributed by atoms with van der Waals surface area (Å²) in [5, 5.41) is 9.11. The Balaban J connectivity index is 1.05. The van der Waals surface area contributed by atoms with Gasteiger partial charge in [-0.1, -0.05) is 11.3 Å². The molecule has 1 atom stereocenters. The van der Waals surface area contributed by atoms with E-state index in [0.29, 0.717) is 12.0 Å². The van der Waals surface area contributed by atoms with E-state index in [2.05, 4.69) is 20.0 Å². The first-order valence-electron chi connectivity index (χ1n) is 12.1. The normalized spacial score (nSPS) is 26.6. The number of hydrogen-bond acceptors (Lipinski definition) is 8. The van der Waals surface area contributed by atoms with Gasteiger partial charge in [0, 0.05) is 24.4 Å². The highest BCUT2D eigenvalue weighted by Gasteiger charge is 2.51. The highest BCUT2D eigenvalue weighted by atomic mass is 32.1. The molecule has 178 valence electrons. The smallest absolute Gasteiger partial charge is 0.208 e. The molecule has 0 bridgehead atoms. The van der Waals surface area contributed by atoms with Crippen LogP contribution in [0.3, 0.4) is 0 Å². The van der Waals surface area contributed by atoms with Gasteiger partial charge in [-0.2, -0.15) is 0 Å². The minimum absolute atomic E-state index is 0.0273. The van der Waals surface area contributed by atoms with E-state index < -0.39 is 0 Å². The molecule has 6 rings (SSSR count). The Bertz CT molecular complexity index is 941. The van der Waals surface area contributed by atoms with Crippen LogP contribution < -0.4 is 9.64 Å². The van der Waals surface area contributed by atoms with Crippen molar-refractivity contribution >= 4 is 16.5 Å². The molecule has 4 saturated heterocycles. The Morgan fingerprint density at radius 1 is 1.12 bits per heavy atom. The van der Waals surface area contributed by atoms with Gasteiger partial charge in [0.25, 0.3) is 0 Å².